The molecule has 0 rings (SSSR count). The van der Waals surface area contributed by atoms with E-state index in [0.29, 0.717) is 19.3 Å². The molecule has 0 aliphatic heterocycles. The smallest absolute Gasteiger partial charge is 0.462 e. The van der Waals surface area contributed by atoms with Crippen molar-refractivity contribution in [3.05, 3.63) is 97.2 Å². The molecule has 0 heterocycles. The number of hydrogen-bond acceptors (Lipinski definition) is 10. The van der Waals surface area contributed by atoms with Crippen LogP contribution in [-0.4, -0.2) is 76.9 Å². The number of phosphoric ester groups is 1. The minimum absolute atomic E-state index is 0.0607. The lowest BCUT2D eigenvalue weighted by Gasteiger charge is -2.20. The highest BCUT2D eigenvalue weighted by Crippen LogP contribution is 2.43. The van der Waals surface area contributed by atoms with Gasteiger partial charge in [-0.05, 0) is 77.0 Å². The summed E-state index contributed by atoms with van der Waals surface area (Å²) >= 11 is 0. The molecule has 2 unspecified atom stereocenters. The third kappa shape index (κ3) is 41.6. The maximum Gasteiger partial charge on any atom is 0.472 e. The molecule has 0 amide bonds. The lowest BCUT2D eigenvalue weighted by atomic mass is 10.1. The Balaban J connectivity index is 4.60. The molecular formula is C48H79O11P. The van der Waals surface area contributed by atoms with E-state index in [1.165, 1.54) is 57.8 Å². The Hall–Kier alpha value is -3.15. The van der Waals surface area contributed by atoms with Crippen molar-refractivity contribution in [2.45, 2.75) is 167 Å². The molecule has 0 saturated heterocycles. The van der Waals surface area contributed by atoms with Crippen molar-refractivity contribution in [3.8, 4) is 0 Å². The summed E-state index contributed by atoms with van der Waals surface area (Å²) in [4.78, 5) is 35.0. The minimum atomic E-state index is -4.69. The number of phosphoric acid groups is 1. The van der Waals surface area contributed by atoms with Gasteiger partial charge in [0.05, 0.1) is 25.9 Å². The highest BCUT2D eigenvalue weighted by molar-refractivity contribution is 7.47. The van der Waals surface area contributed by atoms with E-state index < -0.39 is 64.5 Å². The quantitative estimate of drug-likeness (QED) is 0.0152. The largest absolute Gasteiger partial charge is 0.472 e. The molecule has 0 saturated carbocycles. The van der Waals surface area contributed by atoms with Crippen LogP contribution in [0.2, 0.25) is 0 Å². The average molecular weight is 863 g/mol. The van der Waals surface area contributed by atoms with Crippen LogP contribution in [-0.2, 0) is 32.7 Å². The average Bonchev–Trinajstić information content (AvgIpc) is 3.23. The van der Waals surface area contributed by atoms with Crippen molar-refractivity contribution in [1.29, 1.82) is 0 Å². The monoisotopic (exact) mass is 863 g/mol. The maximum absolute atomic E-state index is 12.6. The normalized spacial score (nSPS) is 15.2. The Morgan fingerprint density at radius 3 is 1.67 bits per heavy atom. The van der Waals surface area contributed by atoms with E-state index in [-0.39, 0.29) is 12.8 Å². The van der Waals surface area contributed by atoms with Gasteiger partial charge in [0.1, 0.15) is 12.7 Å². The van der Waals surface area contributed by atoms with Crippen LogP contribution >= 0.6 is 7.82 Å². The van der Waals surface area contributed by atoms with Crippen molar-refractivity contribution in [1.82, 2.24) is 0 Å². The molecule has 4 atom stereocenters. The minimum Gasteiger partial charge on any atom is -0.462 e. The zero-order valence-corrected chi connectivity index (χ0v) is 37.6. The molecular weight excluding hydrogens is 783 g/mol. The van der Waals surface area contributed by atoms with E-state index in [4.69, 9.17) is 19.1 Å². The van der Waals surface area contributed by atoms with Crippen LogP contribution in [0.3, 0.4) is 0 Å². The molecule has 0 aromatic heterocycles. The van der Waals surface area contributed by atoms with Gasteiger partial charge in [-0.25, -0.2) is 4.57 Å². The number of aliphatic hydroxyl groups is 3. The van der Waals surface area contributed by atoms with Gasteiger partial charge in [-0.1, -0.05) is 156 Å². The first kappa shape index (κ1) is 56.9. The Morgan fingerprint density at radius 2 is 1.07 bits per heavy atom. The standard InChI is InChI=1S/C48H79O11P/c1-3-5-7-9-11-13-15-17-18-19-20-21-22-24-26-28-30-32-34-38-47(52)56-42-46(43-58-60(54,55)57-41-45(51)40-49)59-48(53)39-35-37-44(50)36-33-31-29-27-25-23-16-14-12-10-8-6-4-2/h11,13,17-18,20-21,23-26,29-33,36,44-46,49-51H,3-10,12,14-16,19,22,27-28,34-35,37-43H2,1-2H3,(H,54,55)/b13-11-,18-17-,21-20-,25-23+,26-24-,31-29+,32-30-,36-33+/t44?,45-,46+/m0/s1. The number of esters is 2. The molecule has 60 heavy (non-hydrogen) atoms. The van der Waals surface area contributed by atoms with Crippen LogP contribution < -0.4 is 0 Å². The predicted octanol–water partition coefficient (Wildman–Crippen LogP) is 11.0. The molecule has 0 radical (unpaired) electrons. The third-order valence-corrected chi connectivity index (χ3v) is 9.78. The van der Waals surface area contributed by atoms with Gasteiger partial charge in [0.15, 0.2) is 6.10 Å². The number of carbonyl (C=O) groups excluding carboxylic acids is 2. The highest BCUT2D eigenvalue weighted by atomic mass is 31.2. The fourth-order valence-corrected chi connectivity index (χ4v) is 6.13. The maximum atomic E-state index is 12.6. The van der Waals surface area contributed by atoms with Crippen molar-refractivity contribution in [2.75, 3.05) is 26.4 Å². The highest BCUT2D eigenvalue weighted by Gasteiger charge is 2.27. The summed E-state index contributed by atoms with van der Waals surface area (Å²) in [7, 11) is -4.69. The molecule has 0 fully saturated rings. The van der Waals surface area contributed by atoms with Crippen LogP contribution in [0.1, 0.15) is 149 Å². The Labute approximate surface area is 362 Å². The zero-order valence-electron chi connectivity index (χ0n) is 36.7. The molecule has 342 valence electrons. The number of aliphatic hydroxyl groups excluding tert-OH is 3. The fraction of sp³-hybridized carbons (Fsp3) is 0.625. The number of rotatable bonds is 40. The second kappa shape index (κ2) is 42.5. The van der Waals surface area contributed by atoms with E-state index in [1.807, 2.05) is 24.3 Å². The van der Waals surface area contributed by atoms with Crippen LogP contribution in [0.25, 0.3) is 0 Å². The molecule has 11 nitrogen and oxygen atoms in total. The van der Waals surface area contributed by atoms with Crippen LogP contribution in [0.5, 0.6) is 0 Å². The van der Waals surface area contributed by atoms with Crippen LogP contribution in [0, 0.1) is 0 Å². The van der Waals surface area contributed by atoms with Crippen LogP contribution in [0.4, 0.5) is 0 Å². The summed E-state index contributed by atoms with van der Waals surface area (Å²) in [5.41, 5.74) is 0. The van der Waals surface area contributed by atoms with Crippen LogP contribution in [0.15, 0.2) is 97.2 Å². The van der Waals surface area contributed by atoms with Gasteiger partial charge >= 0.3 is 19.8 Å². The van der Waals surface area contributed by atoms with E-state index in [1.54, 1.807) is 12.2 Å². The third-order valence-electron chi connectivity index (χ3n) is 8.83. The Morgan fingerprint density at radius 1 is 0.567 bits per heavy atom. The van der Waals surface area contributed by atoms with Gasteiger partial charge in [-0.3, -0.25) is 18.6 Å². The molecule has 0 aliphatic rings. The molecule has 0 aliphatic carbocycles. The molecule has 0 aromatic carbocycles. The van der Waals surface area contributed by atoms with E-state index in [2.05, 4.69) is 79.1 Å². The van der Waals surface area contributed by atoms with Crippen molar-refractivity contribution < 1.29 is 52.9 Å². The first-order chi connectivity index (χ1) is 29.1. The fourth-order valence-electron chi connectivity index (χ4n) is 5.34. The molecule has 12 heteroatoms. The van der Waals surface area contributed by atoms with E-state index in [0.717, 1.165) is 44.9 Å². The van der Waals surface area contributed by atoms with E-state index >= 15 is 0 Å². The summed E-state index contributed by atoms with van der Waals surface area (Å²) in [6.07, 6.45) is 48.4. The molecule has 0 spiro atoms. The lowest BCUT2D eigenvalue weighted by Crippen LogP contribution is -2.30. The first-order valence-electron chi connectivity index (χ1n) is 22.3. The summed E-state index contributed by atoms with van der Waals surface area (Å²) in [6.45, 7) is 2.02. The predicted molar refractivity (Wildman–Crippen MR) is 243 cm³/mol. The van der Waals surface area contributed by atoms with E-state index in [9.17, 15) is 29.3 Å². The molecule has 4 N–H and O–H groups in total. The van der Waals surface area contributed by atoms with Crippen molar-refractivity contribution >= 4 is 19.8 Å². The summed E-state index contributed by atoms with van der Waals surface area (Å²) in [5.74, 6) is -1.23. The number of ether oxygens (including phenoxy) is 2. The van der Waals surface area contributed by atoms with Crippen molar-refractivity contribution in [2.24, 2.45) is 0 Å². The van der Waals surface area contributed by atoms with Gasteiger partial charge < -0.3 is 29.7 Å². The zero-order chi connectivity index (χ0) is 44.2. The molecule has 0 aromatic rings. The van der Waals surface area contributed by atoms with Crippen molar-refractivity contribution in [3.63, 3.8) is 0 Å². The molecule has 0 bridgehead atoms. The van der Waals surface area contributed by atoms with Gasteiger partial charge in [-0.2, -0.15) is 0 Å². The second-order valence-corrected chi connectivity index (χ2v) is 16.0. The first-order valence-corrected chi connectivity index (χ1v) is 23.8. The van der Waals surface area contributed by atoms with Gasteiger partial charge in [0.2, 0.25) is 0 Å². The summed E-state index contributed by atoms with van der Waals surface area (Å²) in [5, 5.41) is 28.6. The summed E-state index contributed by atoms with van der Waals surface area (Å²) in [6, 6.07) is 0. The van der Waals surface area contributed by atoms with Gasteiger partial charge in [0, 0.05) is 12.8 Å². The second-order valence-electron chi connectivity index (χ2n) is 14.6. The van der Waals surface area contributed by atoms with Gasteiger partial charge in [-0.15, -0.1) is 0 Å². The topological polar surface area (TPSA) is 169 Å². The lowest BCUT2D eigenvalue weighted by molar-refractivity contribution is -0.161. The Kier molecular flexibility index (Phi) is 40.3. The SMILES string of the molecule is CCCCC/C=C\C/C=C\C/C=C\C/C=C\C/C=C\CCC(=O)OC[C@H](COP(=O)(O)OC[C@@H](O)CO)OC(=O)CCCC(O)/C=C/C=C/C/C=C/CCCCCCCC. The number of allylic oxidation sites excluding steroid dienone is 15. The number of hydrogen-bond donors (Lipinski definition) is 4. The van der Waals surface area contributed by atoms with Gasteiger partial charge in [0.25, 0.3) is 0 Å². The summed E-state index contributed by atoms with van der Waals surface area (Å²) < 4.78 is 32.5. The Bertz CT molecular complexity index is 1330. The number of carbonyl (C=O) groups is 2. The number of unbranched alkanes of at least 4 members (excludes halogenated alkanes) is 9.